The molecule has 3 heteroatoms. The number of rotatable bonds is 5. The van der Waals surface area contributed by atoms with E-state index in [1.807, 2.05) is 60.7 Å². The highest BCUT2D eigenvalue weighted by Crippen LogP contribution is 2.32. The lowest BCUT2D eigenvalue weighted by Crippen LogP contribution is -1.95. The Morgan fingerprint density at radius 2 is 1.17 bits per heavy atom. The van der Waals surface area contributed by atoms with Crippen LogP contribution in [0.2, 0.25) is 0 Å². The molecule has 0 atom stereocenters. The van der Waals surface area contributed by atoms with Crippen molar-refractivity contribution in [1.82, 2.24) is 0 Å². The van der Waals surface area contributed by atoms with E-state index in [-0.39, 0.29) is 5.75 Å². The lowest BCUT2D eigenvalue weighted by Gasteiger charge is -2.11. The van der Waals surface area contributed by atoms with Gasteiger partial charge in [0.15, 0.2) is 0 Å². The molecule has 3 nitrogen and oxygen atoms in total. The molecule has 0 aromatic heterocycles. The van der Waals surface area contributed by atoms with Gasteiger partial charge in [0.1, 0.15) is 11.4 Å². The fraction of sp³-hybridized carbons (Fsp3) is 0.100. The maximum atomic E-state index is 11.0. The van der Waals surface area contributed by atoms with E-state index in [1.54, 1.807) is 12.1 Å². The number of nitroso groups, excluding NO2 is 1. The minimum Gasteiger partial charge on any atom is -0.507 e. The Bertz CT molecular complexity index is 736. The molecule has 0 fully saturated rings. The molecule has 114 valence electrons. The molecule has 0 spiro atoms. The van der Waals surface area contributed by atoms with Crippen LogP contribution in [0.15, 0.2) is 78.0 Å². The molecule has 23 heavy (non-hydrogen) atoms. The maximum absolute atomic E-state index is 11.0. The molecule has 0 amide bonds. The summed E-state index contributed by atoms with van der Waals surface area (Å²) in [7, 11) is 0. The van der Waals surface area contributed by atoms with Crippen LogP contribution in [-0.4, -0.2) is 5.11 Å². The average Bonchev–Trinajstić information content (AvgIpc) is 2.60. The van der Waals surface area contributed by atoms with Gasteiger partial charge in [0.05, 0.1) is 0 Å². The van der Waals surface area contributed by atoms with Crippen molar-refractivity contribution in [2.24, 2.45) is 5.18 Å². The van der Waals surface area contributed by atoms with Gasteiger partial charge in [-0.05, 0) is 28.4 Å². The van der Waals surface area contributed by atoms with E-state index in [9.17, 15) is 10.0 Å². The van der Waals surface area contributed by atoms with E-state index >= 15 is 0 Å². The van der Waals surface area contributed by atoms with E-state index in [1.165, 1.54) is 0 Å². The third-order valence-electron chi connectivity index (χ3n) is 3.83. The Morgan fingerprint density at radius 1 is 0.739 bits per heavy atom. The molecule has 3 aromatic rings. The monoisotopic (exact) mass is 303 g/mol. The standard InChI is InChI=1S/C20H17NO2/c22-20-17(11-15-7-3-1-4-8-15)13-19(21-23)14-18(20)12-16-9-5-2-6-10-16/h1-10,13-14,22H,11-12H2. The predicted molar refractivity (Wildman–Crippen MR) is 92.1 cm³/mol. The third kappa shape index (κ3) is 3.64. The van der Waals surface area contributed by atoms with Gasteiger partial charge in [0.2, 0.25) is 0 Å². The molecule has 3 rings (SSSR count). The Hall–Kier alpha value is -2.94. The molecule has 0 bridgehead atoms. The van der Waals surface area contributed by atoms with Gasteiger partial charge in [-0.25, -0.2) is 0 Å². The van der Waals surface area contributed by atoms with Gasteiger partial charge >= 0.3 is 0 Å². The summed E-state index contributed by atoms with van der Waals surface area (Å²) in [6.45, 7) is 0. The summed E-state index contributed by atoms with van der Waals surface area (Å²) in [4.78, 5) is 11.0. The van der Waals surface area contributed by atoms with Crippen LogP contribution >= 0.6 is 0 Å². The van der Waals surface area contributed by atoms with Crippen molar-refractivity contribution in [2.45, 2.75) is 12.8 Å². The minimum absolute atomic E-state index is 0.241. The highest BCUT2D eigenvalue weighted by Gasteiger charge is 2.12. The molecule has 0 aliphatic carbocycles. The first kappa shape index (κ1) is 15.0. The average molecular weight is 303 g/mol. The summed E-state index contributed by atoms with van der Waals surface area (Å²) in [6.07, 6.45) is 1.13. The van der Waals surface area contributed by atoms with E-state index < -0.39 is 0 Å². The van der Waals surface area contributed by atoms with Crippen LogP contribution in [0, 0.1) is 4.91 Å². The number of hydrogen-bond donors (Lipinski definition) is 1. The topological polar surface area (TPSA) is 49.7 Å². The zero-order valence-electron chi connectivity index (χ0n) is 12.6. The van der Waals surface area contributed by atoms with Gasteiger partial charge in [0, 0.05) is 24.0 Å². The molecule has 0 aliphatic rings. The number of phenolic OH excluding ortho intramolecular Hbond substituents is 1. The van der Waals surface area contributed by atoms with Crippen molar-refractivity contribution < 1.29 is 5.11 Å². The summed E-state index contributed by atoms with van der Waals surface area (Å²) in [5.74, 6) is 0.241. The van der Waals surface area contributed by atoms with Crippen LogP contribution in [0.25, 0.3) is 0 Å². The van der Waals surface area contributed by atoms with E-state index in [0.29, 0.717) is 18.5 Å². The molecular weight excluding hydrogens is 286 g/mol. The van der Waals surface area contributed by atoms with Gasteiger partial charge in [-0.15, -0.1) is 4.91 Å². The minimum atomic E-state index is 0.241. The fourth-order valence-corrected chi connectivity index (χ4v) is 2.70. The first-order valence-electron chi connectivity index (χ1n) is 7.52. The summed E-state index contributed by atoms with van der Waals surface area (Å²) in [5, 5.41) is 13.6. The molecule has 1 N–H and O–H groups in total. The van der Waals surface area contributed by atoms with Crippen molar-refractivity contribution in [3.05, 3.63) is 100.0 Å². The quantitative estimate of drug-likeness (QED) is 0.676. The van der Waals surface area contributed by atoms with E-state index in [2.05, 4.69) is 5.18 Å². The molecule has 0 saturated heterocycles. The number of nitrogens with zero attached hydrogens (tertiary/aromatic N) is 1. The SMILES string of the molecule is O=Nc1cc(Cc2ccccc2)c(O)c(Cc2ccccc2)c1. The second kappa shape index (κ2) is 6.88. The summed E-state index contributed by atoms with van der Waals surface area (Å²) >= 11 is 0. The lowest BCUT2D eigenvalue weighted by atomic mass is 9.97. The fourth-order valence-electron chi connectivity index (χ4n) is 2.70. The zero-order chi connectivity index (χ0) is 16.1. The Kier molecular flexibility index (Phi) is 4.48. The zero-order valence-corrected chi connectivity index (χ0v) is 12.6. The van der Waals surface area contributed by atoms with Crippen molar-refractivity contribution in [2.75, 3.05) is 0 Å². The van der Waals surface area contributed by atoms with Crippen molar-refractivity contribution in [1.29, 1.82) is 0 Å². The molecule has 3 aromatic carbocycles. The van der Waals surface area contributed by atoms with Gasteiger partial charge in [0.25, 0.3) is 0 Å². The lowest BCUT2D eigenvalue weighted by molar-refractivity contribution is 0.463. The Labute approximate surface area is 135 Å². The second-order valence-corrected chi connectivity index (χ2v) is 5.53. The molecule has 0 heterocycles. The largest absolute Gasteiger partial charge is 0.507 e. The predicted octanol–water partition coefficient (Wildman–Crippen LogP) is 4.97. The number of hydrogen-bond acceptors (Lipinski definition) is 3. The third-order valence-corrected chi connectivity index (χ3v) is 3.83. The Balaban J connectivity index is 1.96. The van der Waals surface area contributed by atoms with Gasteiger partial charge in [-0.3, -0.25) is 0 Å². The van der Waals surface area contributed by atoms with Crippen LogP contribution in [0.5, 0.6) is 5.75 Å². The van der Waals surface area contributed by atoms with Crippen molar-refractivity contribution in [3.8, 4) is 5.75 Å². The number of aromatic hydroxyl groups is 1. The highest BCUT2D eigenvalue weighted by molar-refractivity contribution is 5.54. The van der Waals surface area contributed by atoms with Crippen LogP contribution < -0.4 is 0 Å². The van der Waals surface area contributed by atoms with Crippen LogP contribution in [0.4, 0.5) is 5.69 Å². The van der Waals surface area contributed by atoms with E-state index in [4.69, 9.17) is 0 Å². The number of phenols is 1. The summed E-state index contributed by atoms with van der Waals surface area (Å²) in [5.41, 5.74) is 3.95. The maximum Gasteiger partial charge on any atom is 0.122 e. The molecule has 0 aliphatic heterocycles. The van der Waals surface area contributed by atoms with Crippen molar-refractivity contribution in [3.63, 3.8) is 0 Å². The summed E-state index contributed by atoms with van der Waals surface area (Å²) in [6, 6.07) is 23.0. The van der Waals surface area contributed by atoms with E-state index in [0.717, 1.165) is 22.3 Å². The van der Waals surface area contributed by atoms with Gasteiger partial charge in [-0.2, -0.15) is 0 Å². The van der Waals surface area contributed by atoms with Crippen LogP contribution in [0.1, 0.15) is 22.3 Å². The smallest absolute Gasteiger partial charge is 0.122 e. The van der Waals surface area contributed by atoms with Crippen molar-refractivity contribution >= 4 is 5.69 Å². The van der Waals surface area contributed by atoms with Crippen LogP contribution in [-0.2, 0) is 12.8 Å². The molecule has 0 unspecified atom stereocenters. The second-order valence-electron chi connectivity index (χ2n) is 5.53. The molecule has 0 radical (unpaired) electrons. The van der Waals surface area contributed by atoms with Gasteiger partial charge < -0.3 is 5.11 Å². The first-order valence-corrected chi connectivity index (χ1v) is 7.52. The van der Waals surface area contributed by atoms with Crippen LogP contribution in [0.3, 0.4) is 0 Å². The Morgan fingerprint density at radius 3 is 1.57 bits per heavy atom. The molecule has 0 saturated carbocycles. The first-order chi connectivity index (χ1) is 11.3. The highest BCUT2D eigenvalue weighted by atomic mass is 16.3. The molecular formula is C20H17NO2. The summed E-state index contributed by atoms with van der Waals surface area (Å²) < 4.78 is 0. The normalized spacial score (nSPS) is 10.4. The number of benzene rings is 3. The van der Waals surface area contributed by atoms with Gasteiger partial charge in [-0.1, -0.05) is 60.7 Å².